The van der Waals surface area contributed by atoms with Gasteiger partial charge in [-0.3, -0.25) is 0 Å². The van der Waals surface area contributed by atoms with Gasteiger partial charge in [-0.05, 0) is 24.0 Å². The van der Waals surface area contributed by atoms with Crippen LogP contribution < -0.4 is 4.74 Å². The molecular weight excluding hydrogens is 248 g/mol. The van der Waals surface area contributed by atoms with Gasteiger partial charge in [-0.25, -0.2) is 0 Å². The van der Waals surface area contributed by atoms with Crippen LogP contribution in [0, 0.1) is 0 Å². The first-order valence-corrected chi connectivity index (χ1v) is 7.07. The fourth-order valence-corrected chi connectivity index (χ4v) is 2.25. The van der Waals surface area contributed by atoms with Crippen molar-refractivity contribution in [1.82, 2.24) is 0 Å². The van der Waals surface area contributed by atoms with Crippen molar-refractivity contribution in [2.45, 2.75) is 39.4 Å². The molecule has 0 saturated heterocycles. The maximum Gasteiger partial charge on any atom is 0.129 e. The highest BCUT2D eigenvalue weighted by Gasteiger charge is 2.15. The third-order valence-electron chi connectivity index (χ3n) is 3.37. The van der Waals surface area contributed by atoms with Crippen molar-refractivity contribution in [2.24, 2.45) is 0 Å². The van der Waals surface area contributed by atoms with E-state index in [4.69, 9.17) is 4.74 Å². The molecule has 106 valence electrons. The van der Waals surface area contributed by atoms with Crippen LogP contribution in [0.2, 0.25) is 0 Å². The molecule has 0 bridgehead atoms. The lowest BCUT2D eigenvalue weighted by atomic mass is 9.97. The average Bonchev–Trinajstić information content (AvgIpc) is 2.45. The van der Waals surface area contributed by atoms with E-state index in [0.717, 1.165) is 22.4 Å². The Morgan fingerprint density at radius 2 is 1.55 bits per heavy atom. The Labute approximate surface area is 121 Å². The van der Waals surface area contributed by atoms with E-state index >= 15 is 0 Å². The average molecular weight is 270 g/mol. The Balaban J connectivity index is 2.28. The summed E-state index contributed by atoms with van der Waals surface area (Å²) in [6.45, 7) is 6.56. The highest BCUT2D eigenvalue weighted by atomic mass is 16.5. The molecule has 2 heteroatoms. The number of benzene rings is 2. The number of ether oxygens (including phenoxy) is 1. The molecule has 20 heavy (non-hydrogen) atoms. The molecular formula is C18H22O2. The smallest absolute Gasteiger partial charge is 0.129 e. The molecule has 1 N–H and O–H groups in total. The molecule has 2 rings (SSSR count). The van der Waals surface area contributed by atoms with Gasteiger partial charge in [-0.15, -0.1) is 0 Å². The lowest BCUT2D eigenvalue weighted by Gasteiger charge is -2.19. The van der Waals surface area contributed by atoms with E-state index in [2.05, 4.69) is 19.9 Å². The van der Waals surface area contributed by atoms with Gasteiger partial charge < -0.3 is 9.84 Å². The highest BCUT2D eigenvalue weighted by molar-refractivity contribution is 5.44. The SMILES string of the molecule is CC(C)c1cccc(C(C)O)c1OCc1ccccc1. The molecule has 0 aromatic heterocycles. The van der Waals surface area contributed by atoms with Crippen LogP contribution in [-0.2, 0) is 6.61 Å². The van der Waals surface area contributed by atoms with Crippen molar-refractivity contribution in [3.05, 3.63) is 65.2 Å². The number of aliphatic hydroxyl groups is 1. The highest BCUT2D eigenvalue weighted by Crippen LogP contribution is 2.34. The molecule has 2 aromatic carbocycles. The van der Waals surface area contributed by atoms with Crippen molar-refractivity contribution in [3.8, 4) is 5.75 Å². The van der Waals surface area contributed by atoms with Gasteiger partial charge in [0.05, 0.1) is 6.10 Å². The molecule has 2 aromatic rings. The molecule has 0 radical (unpaired) electrons. The van der Waals surface area contributed by atoms with Crippen molar-refractivity contribution in [3.63, 3.8) is 0 Å². The molecule has 0 amide bonds. The van der Waals surface area contributed by atoms with Gasteiger partial charge in [0.25, 0.3) is 0 Å². The second kappa shape index (κ2) is 6.58. The van der Waals surface area contributed by atoms with Crippen LogP contribution in [0.1, 0.15) is 49.5 Å². The van der Waals surface area contributed by atoms with Crippen molar-refractivity contribution >= 4 is 0 Å². The first-order chi connectivity index (χ1) is 9.59. The third-order valence-corrected chi connectivity index (χ3v) is 3.37. The van der Waals surface area contributed by atoms with E-state index in [9.17, 15) is 5.11 Å². The minimum Gasteiger partial charge on any atom is -0.488 e. The predicted octanol–water partition coefficient (Wildman–Crippen LogP) is 4.44. The van der Waals surface area contributed by atoms with Gasteiger partial charge >= 0.3 is 0 Å². The summed E-state index contributed by atoms with van der Waals surface area (Å²) in [4.78, 5) is 0. The van der Waals surface area contributed by atoms with E-state index < -0.39 is 6.10 Å². The van der Waals surface area contributed by atoms with Crippen LogP contribution in [-0.4, -0.2) is 5.11 Å². The van der Waals surface area contributed by atoms with Crippen molar-refractivity contribution in [1.29, 1.82) is 0 Å². The summed E-state index contributed by atoms with van der Waals surface area (Å²) in [5.74, 6) is 1.18. The summed E-state index contributed by atoms with van der Waals surface area (Å²) in [5.41, 5.74) is 3.12. The largest absolute Gasteiger partial charge is 0.488 e. The molecule has 2 nitrogen and oxygen atoms in total. The quantitative estimate of drug-likeness (QED) is 0.870. The second-order valence-corrected chi connectivity index (χ2v) is 5.37. The van der Waals surface area contributed by atoms with Gasteiger partial charge in [-0.2, -0.15) is 0 Å². The zero-order chi connectivity index (χ0) is 14.5. The Hall–Kier alpha value is -1.80. The van der Waals surface area contributed by atoms with E-state index in [1.807, 2.05) is 42.5 Å². The Kier molecular flexibility index (Phi) is 4.80. The molecule has 0 aliphatic carbocycles. The molecule has 0 aliphatic heterocycles. The van der Waals surface area contributed by atoms with Crippen LogP contribution in [0.5, 0.6) is 5.75 Å². The number of para-hydroxylation sites is 1. The Morgan fingerprint density at radius 3 is 2.15 bits per heavy atom. The second-order valence-electron chi connectivity index (χ2n) is 5.37. The summed E-state index contributed by atoms with van der Waals surface area (Å²) in [6.07, 6.45) is -0.528. The van der Waals surface area contributed by atoms with Crippen LogP contribution in [0.3, 0.4) is 0 Å². The minimum absolute atomic E-state index is 0.361. The maximum atomic E-state index is 9.93. The predicted molar refractivity (Wildman–Crippen MR) is 81.9 cm³/mol. The lowest BCUT2D eigenvalue weighted by Crippen LogP contribution is -2.05. The third kappa shape index (κ3) is 3.40. The summed E-state index contributed by atoms with van der Waals surface area (Å²) < 4.78 is 6.02. The van der Waals surface area contributed by atoms with Gasteiger partial charge in [0, 0.05) is 5.56 Å². The fourth-order valence-electron chi connectivity index (χ4n) is 2.25. The standard InChI is InChI=1S/C18H22O2/c1-13(2)16-10-7-11-17(14(3)19)18(16)20-12-15-8-5-4-6-9-15/h4-11,13-14,19H,12H2,1-3H3. The molecule has 0 aliphatic rings. The summed E-state index contributed by atoms with van der Waals surface area (Å²) >= 11 is 0. The van der Waals surface area contributed by atoms with Crippen LogP contribution >= 0.6 is 0 Å². The first-order valence-electron chi connectivity index (χ1n) is 7.07. The topological polar surface area (TPSA) is 29.5 Å². The minimum atomic E-state index is -0.528. The van der Waals surface area contributed by atoms with Crippen LogP contribution in [0.4, 0.5) is 0 Å². The van der Waals surface area contributed by atoms with Crippen LogP contribution in [0.25, 0.3) is 0 Å². The normalized spacial score (nSPS) is 12.4. The molecule has 0 fully saturated rings. The van der Waals surface area contributed by atoms with Gasteiger partial charge in [-0.1, -0.05) is 62.4 Å². The van der Waals surface area contributed by atoms with Crippen LogP contribution in [0.15, 0.2) is 48.5 Å². The van der Waals surface area contributed by atoms with Crippen molar-refractivity contribution < 1.29 is 9.84 Å². The van der Waals surface area contributed by atoms with E-state index in [0.29, 0.717) is 12.5 Å². The molecule has 0 spiro atoms. The van der Waals surface area contributed by atoms with E-state index in [1.54, 1.807) is 6.92 Å². The number of hydrogen-bond donors (Lipinski definition) is 1. The summed E-state index contributed by atoms with van der Waals surface area (Å²) in [5, 5.41) is 9.93. The number of aliphatic hydroxyl groups excluding tert-OH is 1. The molecule has 1 atom stereocenters. The summed E-state index contributed by atoms with van der Waals surface area (Å²) in [7, 11) is 0. The number of rotatable bonds is 5. The maximum absolute atomic E-state index is 9.93. The zero-order valence-corrected chi connectivity index (χ0v) is 12.3. The van der Waals surface area contributed by atoms with Gasteiger partial charge in [0.1, 0.15) is 12.4 Å². The Bertz CT molecular complexity index is 518. The van der Waals surface area contributed by atoms with Crippen molar-refractivity contribution in [2.75, 3.05) is 0 Å². The molecule has 0 heterocycles. The monoisotopic (exact) mass is 270 g/mol. The summed E-state index contributed by atoms with van der Waals surface area (Å²) in [6, 6.07) is 16.1. The number of hydrogen-bond acceptors (Lipinski definition) is 2. The van der Waals surface area contributed by atoms with E-state index in [-0.39, 0.29) is 0 Å². The fraction of sp³-hybridized carbons (Fsp3) is 0.333. The first kappa shape index (κ1) is 14.6. The Morgan fingerprint density at radius 1 is 0.900 bits per heavy atom. The lowest BCUT2D eigenvalue weighted by molar-refractivity contribution is 0.189. The van der Waals surface area contributed by atoms with Gasteiger partial charge in [0.15, 0.2) is 0 Å². The van der Waals surface area contributed by atoms with Gasteiger partial charge in [0.2, 0.25) is 0 Å². The van der Waals surface area contributed by atoms with E-state index in [1.165, 1.54) is 0 Å². The molecule has 1 unspecified atom stereocenters. The molecule has 0 saturated carbocycles. The zero-order valence-electron chi connectivity index (χ0n) is 12.3.